The summed E-state index contributed by atoms with van der Waals surface area (Å²) in [5.41, 5.74) is 5.17. The summed E-state index contributed by atoms with van der Waals surface area (Å²) in [6.45, 7) is 1.45. The van der Waals surface area contributed by atoms with Gasteiger partial charge in [-0.25, -0.2) is 24.2 Å². The van der Waals surface area contributed by atoms with Crippen LogP contribution in [0.5, 0.6) is 0 Å². The van der Waals surface area contributed by atoms with Crippen molar-refractivity contribution in [2.24, 2.45) is 5.73 Å². The quantitative estimate of drug-likeness (QED) is 0.584. The van der Waals surface area contributed by atoms with Gasteiger partial charge >= 0.3 is 17.8 Å². The number of rotatable bonds is 4. The molecule has 0 aliphatic carbocycles. The van der Waals surface area contributed by atoms with Gasteiger partial charge in [-0.3, -0.25) is 0 Å². The fourth-order valence-corrected chi connectivity index (χ4v) is 2.29. The van der Waals surface area contributed by atoms with E-state index in [2.05, 4.69) is 31.1 Å². The first-order valence-electron chi connectivity index (χ1n) is 7.20. The Morgan fingerprint density at radius 1 is 1.39 bits per heavy atom. The summed E-state index contributed by atoms with van der Waals surface area (Å²) in [5.74, 6) is -2.29. The number of hydrogen-bond acceptors (Lipinski definition) is 5. The van der Waals surface area contributed by atoms with E-state index in [1.165, 1.54) is 10.8 Å². The molecule has 2 rings (SSSR count). The van der Waals surface area contributed by atoms with E-state index in [-0.39, 0.29) is 24.4 Å². The van der Waals surface area contributed by atoms with Crippen LogP contribution in [0.1, 0.15) is 11.4 Å². The van der Waals surface area contributed by atoms with Crippen molar-refractivity contribution in [1.82, 2.24) is 19.7 Å². The molecule has 0 saturated heterocycles. The largest absolute Gasteiger partial charge is 0.490 e. The number of aryl methyl sites for hydroxylation is 1. The van der Waals surface area contributed by atoms with Gasteiger partial charge in [0, 0.05) is 29.2 Å². The van der Waals surface area contributed by atoms with E-state index < -0.39 is 23.9 Å². The van der Waals surface area contributed by atoms with Crippen LogP contribution in [-0.2, 0) is 11.2 Å². The molecule has 0 aliphatic heterocycles. The average Bonchev–Trinajstić information content (AvgIpc) is 2.92. The highest BCUT2D eigenvalue weighted by Crippen LogP contribution is 2.18. The first-order chi connectivity index (χ1) is 12.9. The summed E-state index contributed by atoms with van der Waals surface area (Å²) < 4.78 is 59.1. The number of aromatic nitrogens is 4. The number of carboxylic acids is 1. The number of carboxylic acid groups (broad SMARTS) is 1. The molecule has 28 heavy (non-hydrogen) atoms. The number of pyridine rings is 1. The van der Waals surface area contributed by atoms with Crippen LogP contribution in [0, 0.1) is 6.92 Å². The molecular weight excluding hydrogens is 461 g/mol. The molecule has 0 atom stereocenters. The summed E-state index contributed by atoms with van der Waals surface area (Å²) in [6.07, 6.45) is -5.66. The minimum absolute atomic E-state index is 0.131. The van der Waals surface area contributed by atoms with Gasteiger partial charge in [0.15, 0.2) is 0 Å². The number of carbonyl (C=O) groups is 1. The van der Waals surface area contributed by atoms with Gasteiger partial charge in [-0.1, -0.05) is 0 Å². The molecule has 0 aromatic carbocycles. The molecule has 8 nitrogen and oxygen atoms in total. The van der Waals surface area contributed by atoms with Gasteiger partial charge in [0.2, 0.25) is 0 Å². The first-order valence-corrected chi connectivity index (χ1v) is 7.99. The van der Waals surface area contributed by atoms with E-state index in [0.29, 0.717) is 11.4 Å². The molecule has 0 aliphatic rings. The van der Waals surface area contributed by atoms with Gasteiger partial charge in [0.1, 0.15) is 11.6 Å². The molecule has 0 spiro atoms. The Hall–Kier alpha value is -2.61. The minimum atomic E-state index is -5.08. The SMILES string of the molecule is Cc1cc(Br)cnc1-n1c(CC(CN)=C(F)F)n[nH]c1=O.O=C(O)C(F)(F)F. The standard InChI is InChI=1S/C12H12BrF2N5O.C2HF3O2/c1-6-2-8(13)5-17-11(6)20-9(18-19-12(20)21)3-7(4-16)10(14)15;3-2(4,5)1(6)7/h2,5H,3-4,16H2,1H3,(H,19,21);(H,6,7). The highest BCUT2D eigenvalue weighted by atomic mass is 79.9. The Kier molecular flexibility index (Phi) is 7.99. The van der Waals surface area contributed by atoms with Crippen molar-refractivity contribution in [3.05, 3.63) is 50.3 Å². The van der Waals surface area contributed by atoms with Gasteiger partial charge in [-0.2, -0.15) is 27.1 Å². The molecule has 0 bridgehead atoms. The Labute approximate surface area is 162 Å². The lowest BCUT2D eigenvalue weighted by atomic mass is 10.2. The van der Waals surface area contributed by atoms with Crippen molar-refractivity contribution >= 4 is 21.9 Å². The van der Waals surface area contributed by atoms with E-state index in [0.717, 1.165) is 4.47 Å². The van der Waals surface area contributed by atoms with E-state index in [4.69, 9.17) is 15.6 Å². The number of nitrogens with two attached hydrogens (primary N) is 1. The molecule has 154 valence electrons. The Morgan fingerprint density at radius 2 is 1.96 bits per heavy atom. The Morgan fingerprint density at radius 3 is 2.39 bits per heavy atom. The van der Waals surface area contributed by atoms with Crippen LogP contribution in [0.3, 0.4) is 0 Å². The Balaban J connectivity index is 0.000000480. The molecule has 0 unspecified atom stereocenters. The third kappa shape index (κ3) is 6.23. The fourth-order valence-electron chi connectivity index (χ4n) is 1.84. The highest BCUT2D eigenvalue weighted by Gasteiger charge is 2.38. The number of alkyl halides is 3. The number of aromatic amines is 1. The second-order valence-corrected chi connectivity index (χ2v) is 6.04. The summed E-state index contributed by atoms with van der Waals surface area (Å²) in [7, 11) is 0. The molecule has 2 aromatic heterocycles. The molecule has 4 N–H and O–H groups in total. The van der Waals surface area contributed by atoms with Gasteiger partial charge in [0.05, 0.1) is 0 Å². The van der Waals surface area contributed by atoms with E-state index in [1.807, 2.05) is 0 Å². The topological polar surface area (TPSA) is 127 Å². The first kappa shape index (κ1) is 23.4. The van der Waals surface area contributed by atoms with Crippen molar-refractivity contribution in [1.29, 1.82) is 0 Å². The third-order valence-corrected chi connectivity index (χ3v) is 3.53. The monoisotopic (exact) mass is 473 g/mol. The van der Waals surface area contributed by atoms with E-state index >= 15 is 0 Å². The van der Waals surface area contributed by atoms with Crippen LogP contribution < -0.4 is 11.4 Å². The van der Waals surface area contributed by atoms with Crippen LogP contribution in [0.4, 0.5) is 22.0 Å². The zero-order chi connectivity index (χ0) is 21.6. The van der Waals surface area contributed by atoms with Crippen molar-refractivity contribution in [2.45, 2.75) is 19.5 Å². The maximum absolute atomic E-state index is 12.7. The summed E-state index contributed by atoms with van der Waals surface area (Å²) >= 11 is 3.27. The highest BCUT2D eigenvalue weighted by molar-refractivity contribution is 9.10. The summed E-state index contributed by atoms with van der Waals surface area (Å²) in [5, 5.41) is 13.1. The number of hydrogen-bond donors (Lipinski definition) is 3. The number of aliphatic carboxylic acids is 1. The lowest BCUT2D eigenvalue weighted by Crippen LogP contribution is -2.21. The number of nitrogens with zero attached hydrogens (tertiary/aromatic N) is 3. The van der Waals surface area contributed by atoms with Crippen LogP contribution in [-0.4, -0.2) is 43.5 Å². The molecule has 2 heterocycles. The number of nitrogens with one attached hydrogen (secondary N) is 1. The lowest BCUT2D eigenvalue weighted by Gasteiger charge is -2.08. The van der Waals surface area contributed by atoms with E-state index in [1.54, 1.807) is 13.0 Å². The normalized spacial score (nSPS) is 10.9. The van der Waals surface area contributed by atoms with Crippen molar-refractivity contribution in [2.75, 3.05) is 6.54 Å². The molecular formula is C14H13BrF5N5O3. The molecule has 0 saturated carbocycles. The molecule has 0 amide bonds. The van der Waals surface area contributed by atoms with Crippen LogP contribution in [0.15, 0.2) is 33.2 Å². The number of H-pyrrole nitrogens is 1. The molecule has 14 heteroatoms. The van der Waals surface area contributed by atoms with Gasteiger partial charge in [0.25, 0.3) is 6.08 Å². The molecule has 0 radical (unpaired) electrons. The van der Waals surface area contributed by atoms with Crippen LogP contribution in [0.25, 0.3) is 5.82 Å². The van der Waals surface area contributed by atoms with E-state index in [9.17, 15) is 26.7 Å². The van der Waals surface area contributed by atoms with Gasteiger partial charge < -0.3 is 10.8 Å². The minimum Gasteiger partial charge on any atom is -0.475 e. The van der Waals surface area contributed by atoms with Crippen molar-refractivity contribution in [3.8, 4) is 5.82 Å². The maximum Gasteiger partial charge on any atom is 0.490 e. The predicted octanol–water partition coefficient (Wildman–Crippen LogP) is 2.31. The van der Waals surface area contributed by atoms with Gasteiger partial charge in [-0.05, 0) is 34.5 Å². The maximum atomic E-state index is 12.7. The van der Waals surface area contributed by atoms with Gasteiger partial charge in [-0.15, -0.1) is 0 Å². The van der Waals surface area contributed by atoms with Crippen LogP contribution >= 0.6 is 15.9 Å². The predicted molar refractivity (Wildman–Crippen MR) is 90.1 cm³/mol. The molecule has 2 aromatic rings. The van der Waals surface area contributed by atoms with Crippen LogP contribution in [0.2, 0.25) is 0 Å². The fraction of sp³-hybridized carbons (Fsp3) is 0.286. The van der Waals surface area contributed by atoms with Crippen molar-refractivity contribution in [3.63, 3.8) is 0 Å². The second kappa shape index (κ2) is 9.54. The zero-order valence-corrected chi connectivity index (χ0v) is 15.6. The summed E-state index contributed by atoms with van der Waals surface area (Å²) in [4.78, 5) is 24.9. The Bertz CT molecular complexity index is 934. The molecule has 0 fully saturated rings. The van der Waals surface area contributed by atoms with Crippen molar-refractivity contribution < 1.29 is 31.9 Å². The number of halogens is 6. The lowest BCUT2D eigenvalue weighted by molar-refractivity contribution is -0.192. The average molecular weight is 474 g/mol. The smallest absolute Gasteiger partial charge is 0.475 e. The summed E-state index contributed by atoms with van der Waals surface area (Å²) in [6, 6.07) is 1.76. The zero-order valence-electron chi connectivity index (χ0n) is 14.0. The second-order valence-electron chi connectivity index (χ2n) is 5.12. The third-order valence-electron chi connectivity index (χ3n) is 3.10.